The lowest BCUT2D eigenvalue weighted by Crippen LogP contribution is -2.04. The zero-order chi connectivity index (χ0) is 11.2. The highest BCUT2D eigenvalue weighted by Crippen LogP contribution is 2.42. The maximum Gasteiger partial charge on any atom is 0.156 e. The molecule has 0 radical (unpaired) electrons. The first kappa shape index (κ1) is 8.82. The summed E-state index contributed by atoms with van der Waals surface area (Å²) in [5.41, 5.74) is 3.42. The molecule has 2 aliphatic heterocycles. The number of rotatable bonds is 0. The molecule has 0 unspecified atom stereocenters. The molecule has 0 saturated heterocycles. The Kier molecular flexibility index (Phi) is 1.61. The summed E-state index contributed by atoms with van der Waals surface area (Å²) in [6.07, 6.45) is 5.44. The lowest BCUT2D eigenvalue weighted by atomic mass is 9.97. The number of anilines is 1. The molecule has 1 N–H and O–H groups in total. The number of ether oxygens (including phenoxy) is 1. The van der Waals surface area contributed by atoms with E-state index in [1.54, 1.807) is 6.26 Å². The van der Waals surface area contributed by atoms with E-state index in [4.69, 9.17) is 4.74 Å². The van der Waals surface area contributed by atoms with Gasteiger partial charge in [0.1, 0.15) is 6.26 Å². The lowest BCUT2D eigenvalue weighted by Gasteiger charge is -2.19. The predicted molar refractivity (Wildman–Crippen MR) is 68.6 cm³/mol. The summed E-state index contributed by atoms with van der Waals surface area (Å²) < 4.78 is 5.65. The van der Waals surface area contributed by atoms with Gasteiger partial charge in [-0.05, 0) is 5.39 Å². The van der Waals surface area contributed by atoms with Crippen molar-refractivity contribution in [3.05, 3.63) is 47.9 Å². The van der Waals surface area contributed by atoms with Crippen molar-refractivity contribution in [1.82, 2.24) is 0 Å². The number of fused-ring (bicyclic) bond motifs is 6. The molecule has 0 amide bonds. The van der Waals surface area contributed by atoms with Crippen molar-refractivity contribution in [2.24, 2.45) is 4.99 Å². The molecule has 0 bridgehead atoms. The van der Waals surface area contributed by atoms with Gasteiger partial charge in [0.25, 0.3) is 0 Å². The number of hydrogen-bond donors (Lipinski definition) is 1. The van der Waals surface area contributed by atoms with E-state index in [0.717, 1.165) is 11.4 Å². The van der Waals surface area contributed by atoms with Crippen LogP contribution in [0.1, 0.15) is 11.1 Å². The average Bonchev–Trinajstić information content (AvgIpc) is 2.89. The molecule has 2 aromatic rings. The van der Waals surface area contributed by atoms with Crippen molar-refractivity contribution in [2.45, 2.75) is 6.54 Å². The molecule has 0 saturated carbocycles. The maximum absolute atomic E-state index is 5.65. The third-order valence-corrected chi connectivity index (χ3v) is 3.26. The van der Waals surface area contributed by atoms with Crippen LogP contribution in [-0.4, -0.2) is 6.21 Å². The molecule has 2 aliphatic rings. The molecule has 3 heteroatoms. The van der Waals surface area contributed by atoms with E-state index in [2.05, 4.69) is 28.5 Å². The second kappa shape index (κ2) is 3.10. The molecule has 4 rings (SSSR count). The van der Waals surface area contributed by atoms with E-state index < -0.39 is 0 Å². The molecule has 0 atom stereocenters. The van der Waals surface area contributed by atoms with Crippen LogP contribution in [0.5, 0.6) is 5.75 Å². The number of aliphatic imine (C=N–C) groups is 1. The summed E-state index contributed by atoms with van der Waals surface area (Å²) in [4.78, 5) is 4.35. The SMILES string of the molecule is C1=COc2c3c(c4ccccc4c2N1)C=NC3. The van der Waals surface area contributed by atoms with Crippen LogP contribution in [0.4, 0.5) is 5.69 Å². The van der Waals surface area contributed by atoms with Crippen LogP contribution in [0, 0.1) is 0 Å². The molecule has 0 fully saturated rings. The molecule has 2 heterocycles. The highest BCUT2D eigenvalue weighted by molar-refractivity contribution is 6.10. The molecule has 2 aromatic carbocycles. The number of nitrogens with zero attached hydrogens (tertiary/aromatic N) is 1. The van der Waals surface area contributed by atoms with Crippen molar-refractivity contribution in [2.75, 3.05) is 5.32 Å². The summed E-state index contributed by atoms with van der Waals surface area (Å²) in [6.45, 7) is 0.706. The van der Waals surface area contributed by atoms with Crippen molar-refractivity contribution in [1.29, 1.82) is 0 Å². The maximum atomic E-state index is 5.65. The minimum atomic E-state index is 0.706. The minimum Gasteiger partial charge on any atom is -0.461 e. The third kappa shape index (κ3) is 1.08. The van der Waals surface area contributed by atoms with E-state index in [9.17, 15) is 0 Å². The first-order valence-electron chi connectivity index (χ1n) is 5.61. The lowest BCUT2D eigenvalue weighted by molar-refractivity contribution is 0.472. The fraction of sp³-hybridized carbons (Fsp3) is 0.0714. The van der Waals surface area contributed by atoms with E-state index in [1.807, 2.05) is 18.5 Å². The second-order valence-electron chi connectivity index (χ2n) is 4.18. The van der Waals surface area contributed by atoms with Gasteiger partial charge in [-0.15, -0.1) is 0 Å². The topological polar surface area (TPSA) is 33.6 Å². The Bertz CT molecular complexity index is 686. The van der Waals surface area contributed by atoms with Gasteiger partial charge in [0, 0.05) is 28.9 Å². The first-order chi connectivity index (χ1) is 8.45. The Labute approximate surface area is 98.4 Å². The average molecular weight is 222 g/mol. The molecule has 0 spiro atoms. The van der Waals surface area contributed by atoms with E-state index >= 15 is 0 Å². The van der Waals surface area contributed by atoms with Gasteiger partial charge in [-0.1, -0.05) is 24.3 Å². The van der Waals surface area contributed by atoms with Gasteiger partial charge in [-0.2, -0.15) is 0 Å². The molecular weight excluding hydrogens is 212 g/mol. The second-order valence-corrected chi connectivity index (χ2v) is 4.18. The fourth-order valence-corrected chi connectivity index (χ4v) is 2.52. The van der Waals surface area contributed by atoms with Crippen molar-refractivity contribution < 1.29 is 4.74 Å². The van der Waals surface area contributed by atoms with E-state index in [-0.39, 0.29) is 0 Å². The van der Waals surface area contributed by atoms with Gasteiger partial charge in [-0.3, -0.25) is 4.99 Å². The van der Waals surface area contributed by atoms with Crippen LogP contribution in [0.15, 0.2) is 41.7 Å². The zero-order valence-corrected chi connectivity index (χ0v) is 9.10. The largest absolute Gasteiger partial charge is 0.461 e. The Hall–Kier alpha value is -2.29. The number of hydrogen-bond acceptors (Lipinski definition) is 3. The van der Waals surface area contributed by atoms with Gasteiger partial charge in [-0.25, -0.2) is 0 Å². The smallest absolute Gasteiger partial charge is 0.156 e. The monoisotopic (exact) mass is 222 g/mol. The summed E-state index contributed by atoms with van der Waals surface area (Å²) in [6, 6.07) is 8.34. The third-order valence-electron chi connectivity index (χ3n) is 3.26. The molecule has 0 aliphatic carbocycles. The van der Waals surface area contributed by atoms with Crippen molar-refractivity contribution in [3.63, 3.8) is 0 Å². The first-order valence-corrected chi connectivity index (χ1v) is 5.61. The van der Waals surface area contributed by atoms with Gasteiger partial charge < -0.3 is 10.1 Å². The Balaban J connectivity index is 2.20. The fourth-order valence-electron chi connectivity index (χ4n) is 2.52. The summed E-state index contributed by atoms with van der Waals surface area (Å²) in [7, 11) is 0. The van der Waals surface area contributed by atoms with Crippen molar-refractivity contribution in [3.8, 4) is 5.75 Å². The Morgan fingerprint density at radius 1 is 1.18 bits per heavy atom. The quantitative estimate of drug-likeness (QED) is 0.743. The zero-order valence-electron chi connectivity index (χ0n) is 9.10. The van der Waals surface area contributed by atoms with Crippen LogP contribution in [0.2, 0.25) is 0 Å². The van der Waals surface area contributed by atoms with Crippen molar-refractivity contribution >= 4 is 22.7 Å². The van der Waals surface area contributed by atoms with Gasteiger partial charge in [0.15, 0.2) is 5.75 Å². The Morgan fingerprint density at radius 2 is 2.06 bits per heavy atom. The van der Waals surface area contributed by atoms with E-state index in [1.165, 1.54) is 21.9 Å². The van der Waals surface area contributed by atoms with Gasteiger partial charge >= 0.3 is 0 Å². The molecule has 82 valence electrons. The summed E-state index contributed by atoms with van der Waals surface area (Å²) in [5.74, 6) is 0.915. The highest BCUT2D eigenvalue weighted by atomic mass is 16.5. The molecular formula is C14H10N2O. The number of benzene rings is 2. The summed E-state index contributed by atoms with van der Waals surface area (Å²) >= 11 is 0. The standard InChI is InChI=1S/C14H10N2O/c1-2-4-10-9(3-1)11-7-15-8-12(11)14-13(10)16-5-6-17-14/h1-7,16H,8H2. The van der Waals surface area contributed by atoms with Crippen LogP contribution < -0.4 is 10.1 Å². The Morgan fingerprint density at radius 3 is 3.00 bits per heavy atom. The van der Waals surface area contributed by atoms with Crippen LogP contribution in [0.3, 0.4) is 0 Å². The predicted octanol–water partition coefficient (Wildman–Crippen LogP) is 3.05. The normalized spacial score (nSPS) is 15.3. The highest BCUT2D eigenvalue weighted by Gasteiger charge is 2.22. The van der Waals surface area contributed by atoms with Crippen LogP contribution in [0.25, 0.3) is 10.8 Å². The number of nitrogens with one attached hydrogen (secondary N) is 1. The van der Waals surface area contributed by atoms with Gasteiger partial charge in [0.05, 0.1) is 12.2 Å². The summed E-state index contributed by atoms with van der Waals surface area (Å²) in [5, 5.41) is 5.68. The molecule has 3 nitrogen and oxygen atoms in total. The molecule has 17 heavy (non-hydrogen) atoms. The van der Waals surface area contributed by atoms with Gasteiger partial charge in [0.2, 0.25) is 0 Å². The molecule has 0 aromatic heterocycles. The van der Waals surface area contributed by atoms with Crippen LogP contribution in [-0.2, 0) is 6.54 Å². The minimum absolute atomic E-state index is 0.706. The van der Waals surface area contributed by atoms with E-state index in [0.29, 0.717) is 6.54 Å². The van der Waals surface area contributed by atoms with Crippen LogP contribution >= 0.6 is 0 Å².